The largest absolute Gasteiger partial charge is 0.504 e. The molecule has 19 heavy (non-hydrogen) atoms. The molecule has 0 radical (unpaired) electrons. The summed E-state index contributed by atoms with van der Waals surface area (Å²) in [5, 5.41) is 21.3. The van der Waals surface area contributed by atoms with E-state index in [1.165, 1.54) is 12.1 Å². The second-order valence-corrected chi connectivity index (χ2v) is 4.78. The van der Waals surface area contributed by atoms with Gasteiger partial charge in [-0.3, -0.25) is 4.79 Å². The average molecular weight is 266 g/mol. The van der Waals surface area contributed by atoms with Crippen molar-refractivity contribution >= 4 is 5.91 Å². The molecule has 0 bridgehead atoms. The van der Waals surface area contributed by atoms with Crippen molar-refractivity contribution in [3.8, 4) is 11.5 Å². The summed E-state index contributed by atoms with van der Waals surface area (Å²) >= 11 is 0. The number of phenolic OH excluding ortho intramolecular Hbond substituents is 2. The summed E-state index contributed by atoms with van der Waals surface area (Å²) in [4.78, 5) is 11.7. The van der Waals surface area contributed by atoms with Crippen molar-refractivity contribution in [1.82, 2.24) is 5.32 Å². The van der Waals surface area contributed by atoms with E-state index in [0.717, 1.165) is 12.0 Å². The summed E-state index contributed by atoms with van der Waals surface area (Å²) in [6.07, 6.45) is 1.44. The number of nitrogens with one attached hydrogen (secondary N) is 1. The zero-order chi connectivity index (χ0) is 14.4. The Morgan fingerprint density at radius 3 is 2.63 bits per heavy atom. The first-order chi connectivity index (χ1) is 8.95. The van der Waals surface area contributed by atoms with Crippen LogP contribution in [-0.4, -0.2) is 28.7 Å². The fourth-order valence-corrected chi connectivity index (χ4v) is 1.68. The molecule has 0 spiro atoms. The maximum absolute atomic E-state index is 11.7. The highest BCUT2D eigenvalue weighted by atomic mass is 16.3. The first kappa shape index (κ1) is 15.3. The molecule has 5 N–H and O–H groups in total. The lowest BCUT2D eigenvalue weighted by Crippen LogP contribution is -2.45. The maximum atomic E-state index is 11.7. The van der Waals surface area contributed by atoms with Gasteiger partial charge < -0.3 is 21.3 Å². The summed E-state index contributed by atoms with van der Waals surface area (Å²) in [5.41, 5.74) is 6.65. The predicted octanol–water partition coefficient (Wildman–Crippen LogP) is 1.13. The van der Waals surface area contributed by atoms with Crippen LogP contribution in [0.25, 0.3) is 0 Å². The van der Waals surface area contributed by atoms with E-state index < -0.39 is 6.04 Å². The van der Waals surface area contributed by atoms with Gasteiger partial charge in [-0.1, -0.05) is 26.3 Å². The molecule has 0 saturated heterocycles. The average Bonchev–Trinajstić information content (AvgIpc) is 2.40. The molecule has 2 unspecified atom stereocenters. The Hall–Kier alpha value is -1.75. The van der Waals surface area contributed by atoms with Gasteiger partial charge in [0.1, 0.15) is 0 Å². The highest BCUT2D eigenvalue weighted by Crippen LogP contribution is 2.24. The van der Waals surface area contributed by atoms with E-state index in [1.807, 2.05) is 13.8 Å². The van der Waals surface area contributed by atoms with E-state index in [9.17, 15) is 15.0 Å². The number of phenols is 2. The third-order valence-corrected chi connectivity index (χ3v) is 3.31. The second-order valence-electron chi connectivity index (χ2n) is 4.78. The molecule has 1 amide bonds. The molecule has 0 saturated carbocycles. The van der Waals surface area contributed by atoms with Gasteiger partial charge in [0.2, 0.25) is 5.91 Å². The van der Waals surface area contributed by atoms with Gasteiger partial charge in [0.05, 0.1) is 6.04 Å². The second kappa shape index (κ2) is 6.99. The van der Waals surface area contributed by atoms with Gasteiger partial charge in [-0.25, -0.2) is 0 Å². The van der Waals surface area contributed by atoms with Crippen molar-refractivity contribution in [2.45, 2.75) is 32.7 Å². The molecule has 106 valence electrons. The van der Waals surface area contributed by atoms with Gasteiger partial charge in [-0.2, -0.15) is 0 Å². The van der Waals surface area contributed by atoms with Gasteiger partial charge in [-0.15, -0.1) is 0 Å². The zero-order valence-electron chi connectivity index (χ0n) is 11.4. The van der Waals surface area contributed by atoms with Crippen LogP contribution in [0.3, 0.4) is 0 Å². The Labute approximate surface area is 113 Å². The van der Waals surface area contributed by atoms with Gasteiger partial charge in [0.25, 0.3) is 0 Å². The first-order valence-corrected chi connectivity index (χ1v) is 6.49. The Morgan fingerprint density at radius 1 is 1.37 bits per heavy atom. The fourth-order valence-electron chi connectivity index (χ4n) is 1.68. The molecule has 0 aliphatic rings. The SMILES string of the molecule is CCC(C)C(N)C(=O)NCCc1ccc(O)c(O)c1. The number of hydrogen-bond acceptors (Lipinski definition) is 4. The van der Waals surface area contributed by atoms with Crippen LogP contribution >= 0.6 is 0 Å². The highest BCUT2D eigenvalue weighted by Gasteiger charge is 2.18. The number of aromatic hydroxyl groups is 2. The van der Waals surface area contributed by atoms with Crippen LogP contribution in [0.5, 0.6) is 11.5 Å². The third kappa shape index (κ3) is 4.44. The molecule has 0 aromatic heterocycles. The minimum atomic E-state index is -0.488. The van der Waals surface area contributed by atoms with Crippen LogP contribution < -0.4 is 11.1 Å². The zero-order valence-corrected chi connectivity index (χ0v) is 11.4. The molecule has 5 nitrogen and oxygen atoms in total. The van der Waals surface area contributed by atoms with Crippen LogP contribution in [-0.2, 0) is 11.2 Å². The Bertz CT molecular complexity index is 435. The fraction of sp³-hybridized carbons (Fsp3) is 0.500. The van der Waals surface area contributed by atoms with Gasteiger partial charge in [0, 0.05) is 6.54 Å². The Balaban J connectivity index is 2.41. The summed E-state index contributed by atoms with van der Waals surface area (Å²) in [5.74, 6) is -0.304. The maximum Gasteiger partial charge on any atom is 0.237 e. The van der Waals surface area contributed by atoms with Crippen molar-refractivity contribution in [2.24, 2.45) is 11.7 Å². The number of carbonyl (C=O) groups is 1. The summed E-state index contributed by atoms with van der Waals surface area (Å²) in [6, 6.07) is 4.13. The molecule has 1 aromatic carbocycles. The van der Waals surface area contributed by atoms with Gasteiger partial charge >= 0.3 is 0 Å². The predicted molar refractivity (Wildman–Crippen MR) is 73.9 cm³/mol. The molecule has 2 atom stereocenters. The van der Waals surface area contributed by atoms with Crippen LogP contribution in [0.1, 0.15) is 25.8 Å². The summed E-state index contributed by atoms with van der Waals surface area (Å²) in [7, 11) is 0. The lowest BCUT2D eigenvalue weighted by molar-refractivity contribution is -0.123. The van der Waals surface area contributed by atoms with Gasteiger partial charge in [-0.05, 0) is 30.0 Å². The van der Waals surface area contributed by atoms with E-state index in [-0.39, 0.29) is 23.3 Å². The van der Waals surface area contributed by atoms with Crippen LogP contribution in [0.2, 0.25) is 0 Å². The minimum absolute atomic E-state index is 0.147. The Morgan fingerprint density at radius 2 is 2.05 bits per heavy atom. The number of carbonyl (C=O) groups excluding carboxylic acids is 1. The molecule has 0 heterocycles. The minimum Gasteiger partial charge on any atom is -0.504 e. The lowest BCUT2D eigenvalue weighted by Gasteiger charge is -2.17. The molecule has 1 aromatic rings. The van der Waals surface area contributed by atoms with E-state index >= 15 is 0 Å². The van der Waals surface area contributed by atoms with Crippen LogP contribution in [0.4, 0.5) is 0 Å². The summed E-state index contributed by atoms with van der Waals surface area (Å²) in [6.45, 7) is 4.40. The van der Waals surface area contributed by atoms with Gasteiger partial charge in [0.15, 0.2) is 11.5 Å². The smallest absolute Gasteiger partial charge is 0.237 e. The molecular formula is C14H22N2O3. The van der Waals surface area contributed by atoms with E-state index in [2.05, 4.69) is 5.32 Å². The molecule has 5 heteroatoms. The standard InChI is InChI=1S/C14H22N2O3/c1-3-9(2)13(15)14(19)16-7-6-10-4-5-11(17)12(18)8-10/h4-5,8-9,13,17-18H,3,6-7,15H2,1-2H3,(H,16,19). The lowest BCUT2D eigenvalue weighted by atomic mass is 9.99. The van der Waals surface area contributed by atoms with Crippen molar-refractivity contribution < 1.29 is 15.0 Å². The van der Waals surface area contributed by atoms with E-state index in [0.29, 0.717) is 13.0 Å². The third-order valence-electron chi connectivity index (χ3n) is 3.31. The quantitative estimate of drug-likeness (QED) is 0.580. The van der Waals surface area contributed by atoms with E-state index in [1.54, 1.807) is 6.07 Å². The first-order valence-electron chi connectivity index (χ1n) is 6.49. The van der Waals surface area contributed by atoms with Crippen molar-refractivity contribution in [2.75, 3.05) is 6.54 Å². The number of amides is 1. The van der Waals surface area contributed by atoms with Crippen LogP contribution in [0.15, 0.2) is 18.2 Å². The Kier molecular flexibility index (Phi) is 5.63. The number of rotatable bonds is 6. The van der Waals surface area contributed by atoms with Crippen LogP contribution in [0, 0.1) is 5.92 Å². The van der Waals surface area contributed by atoms with Crippen molar-refractivity contribution in [3.63, 3.8) is 0 Å². The summed E-state index contributed by atoms with van der Waals surface area (Å²) < 4.78 is 0. The topological polar surface area (TPSA) is 95.6 Å². The normalized spacial score (nSPS) is 13.8. The van der Waals surface area contributed by atoms with E-state index in [4.69, 9.17) is 5.73 Å². The number of benzene rings is 1. The molecule has 1 rings (SSSR count). The number of hydrogen-bond donors (Lipinski definition) is 4. The molecular weight excluding hydrogens is 244 g/mol. The monoisotopic (exact) mass is 266 g/mol. The van der Waals surface area contributed by atoms with Crippen molar-refractivity contribution in [3.05, 3.63) is 23.8 Å². The van der Waals surface area contributed by atoms with Crippen molar-refractivity contribution in [1.29, 1.82) is 0 Å². The molecule has 0 aliphatic heterocycles. The molecule has 0 fully saturated rings. The highest BCUT2D eigenvalue weighted by molar-refractivity contribution is 5.81. The number of nitrogens with two attached hydrogens (primary N) is 1. The molecule has 0 aliphatic carbocycles.